The van der Waals surface area contributed by atoms with E-state index in [9.17, 15) is 14.9 Å². The van der Waals surface area contributed by atoms with Crippen LogP contribution in [0.4, 0.5) is 0 Å². The number of nitrogens with one attached hydrogen (secondary N) is 1. The van der Waals surface area contributed by atoms with Gasteiger partial charge in [0.2, 0.25) is 0 Å². The van der Waals surface area contributed by atoms with Crippen LogP contribution < -0.4 is 5.32 Å². The minimum absolute atomic E-state index is 0.102. The van der Waals surface area contributed by atoms with Crippen molar-refractivity contribution >= 4 is 22.9 Å². The summed E-state index contributed by atoms with van der Waals surface area (Å²) in [5.41, 5.74) is 1.77. The third-order valence-corrected chi connectivity index (χ3v) is 5.50. The maximum absolute atomic E-state index is 12.6. The lowest BCUT2D eigenvalue weighted by atomic mass is 9.90. The van der Waals surface area contributed by atoms with Crippen LogP contribution in [0.1, 0.15) is 43.9 Å². The number of para-hydroxylation sites is 1. The first-order chi connectivity index (χ1) is 14.7. The van der Waals surface area contributed by atoms with E-state index >= 15 is 0 Å². The summed E-state index contributed by atoms with van der Waals surface area (Å²) < 4.78 is 7.35. The standard InChI is InChI=1S/C24H26N4O3/c1-15(2)24(5,14-25)27-22(29)16(3)31-23(30)18-11-12-21-20(13-18)26-17(4)28(21)19-9-7-6-8-10-19/h6-13,15-16H,1-5H3,(H,27,29)/t16-,24+/m1/s1. The van der Waals surface area contributed by atoms with Gasteiger partial charge in [-0.05, 0) is 57.0 Å². The molecule has 0 unspecified atom stereocenters. The maximum atomic E-state index is 12.6. The van der Waals surface area contributed by atoms with Crippen molar-refractivity contribution in [1.29, 1.82) is 5.26 Å². The number of hydrogen-bond acceptors (Lipinski definition) is 5. The van der Waals surface area contributed by atoms with Crippen molar-refractivity contribution in [1.82, 2.24) is 14.9 Å². The van der Waals surface area contributed by atoms with Gasteiger partial charge >= 0.3 is 5.97 Å². The second kappa shape index (κ2) is 8.60. The number of nitriles is 1. The molecule has 0 spiro atoms. The van der Waals surface area contributed by atoms with E-state index in [-0.39, 0.29) is 5.92 Å². The van der Waals surface area contributed by atoms with Crippen molar-refractivity contribution in [3.05, 3.63) is 59.9 Å². The monoisotopic (exact) mass is 418 g/mol. The number of fused-ring (bicyclic) bond motifs is 1. The van der Waals surface area contributed by atoms with E-state index in [2.05, 4.69) is 16.4 Å². The van der Waals surface area contributed by atoms with Crippen molar-refractivity contribution in [3.63, 3.8) is 0 Å². The summed E-state index contributed by atoms with van der Waals surface area (Å²) in [6, 6.07) is 17.1. The van der Waals surface area contributed by atoms with Gasteiger partial charge in [-0.25, -0.2) is 9.78 Å². The third kappa shape index (κ3) is 4.43. The molecule has 3 rings (SSSR count). The number of carbonyl (C=O) groups excluding carboxylic acids is 2. The van der Waals surface area contributed by atoms with Crippen molar-refractivity contribution < 1.29 is 14.3 Å². The number of amides is 1. The van der Waals surface area contributed by atoms with Gasteiger partial charge in [-0.1, -0.05) is 32.0 Å². The molecule has 0 fully saturated rings. The SMILES string of the molecule is Cc1nc2cc(C(=O)O[C@H](C)C(=O)N[C@@](C)(C#N)C(C)C)ccc2n1-c1ccccc1. The predicted molar refractivity (Wildman–Crippen MR) is 118 cm³/mol. The molecule has 31 heavy (non-hydrogen) atoms. The number of carbonyl (C=O) groups is 2. The molecule has 0 radical (unpaired) electrons. The first kappa shape index (κ1) is 22.0. The zero-order valence-electron chi connectivity index (χ0n) is 18.3. The Morgan fingerprint density at radius 2 is 1.84 bits per heavy atom. The lowest BCUT2D eigenvalue weighted by Gasteiger charge is -2.28. The Bertz CT molecular complexity index is 1160. The average molecular weight is 418 g/mol. The fourth-order valence-corrected chi connectivity index (χ4v) is 3.17. The second-order valence-electron chi connectivity index (χ2n) is 8.04. The fraction of sp³-hybridized carbons (Fsp3) is 0.333. The van der Waals surface area contributed by atoms with Gasteiger partial charge in [0.25, 0.3) is 5.91 Å². The Morgan fingerprint density at radius 1 is 1.16 bits per heavy atom. The van der Waals surface area contributed by atoms with Gasteiger partial charge < -0.3 is 10.1 Å². The van der Waals surface area contributed by atoms with Gasteiger partial charge in [-0.2, -0.15) is 5.26 Å². The van der Waals surface area contributed by atoms with Crippen molar-refractivity contribution in [2.75, 3.05) is 0 Å². The molecule has 0 bridgehead atoms. The summed E-state index contributed by atoms with van der Waals surface area (Å²) in [5.74, 6) is -0.449. The number of imidazole rings is 1. The molecule has 2 atom stereocenters. The zero-order chi connectivity index (χ0) is 22.8. The van der Waals surface area contributed by atoms with Gasteiger partial charge in [0.1, 0.15) is 11.4 Å². The highest BCUT2D eigenvalue weighted by atomic mass is 16.5. The molecular weight excluding hydrogens is 392 g/mol. The molecule has 0 aliphatic carbocycles. The number of ether oxygens (including phenoxy) is 1. The largest absolute Gasteiger partial charge is 0.449 e. The van der Waals surface area contributed by atoms with Crippen molar-refractivity contribution in [2.24, 2.45) is 5.92 Å². The van der Waals surface area contributed by atoms with Crippen LogP contribution in [0, 0.1) is 24.2 Å². The van der Waals surface area contributed by atoms with Crippen LogP contribution in [0.2, 0.25) is 0 Å². The van der Waals surface area contributed by atoms with E-state index in [1.165, 1.54) is 6.92 Å². The topological polar surface area (TPSA) is 97.0 Å². The van der Waals surface area contributed by atoms with E-state index in [0.717, 1.165) is 17.0 Å². The van der Waals surface area contributed by atoms with Gasteiger partial charge in [0.05, 0.1) is 22.7 Å². The Morgan fingerprint density at radius 3 is 2.45 bits per heavy atom. The molecule has 7 heteroatoms. The molecule has 2 aromatic carbocycles. The van der Waals surface area contributed by atoms with E-state index < -0.39 is 23.5 Å². The average Bonchev–Trinajstić information content (AvgIpc) is 3.08. The number of rotatable bonds is 6. The molecule has 1 aromatic heterocycles. The van der Waals surface area contributed by atoms with Crippen LogP contribution >= 0.6 is 0 Å². The summed E-state index contributed by atoms with van der Waals surface area (Å²) in [5, 5.41) is 12.0. The number of benzene rings is 2. The summed E-state index contributed by atoms with van der Waals surface area (Å²) >= 11 is 0. The van der Waals surface area contributed by atoms with Crippen molar-refractivity contribution in [2.45, 2.75) is 46.3 Å². The number of aryl methyl sites for hydroxylation is 1. The number of esters is 1. The Balaban J connectivity index is 1.79. The van der Waals surface area contributed by atoms with E-state index in [1.807, 2.05) is 61.7 Å². The van der Waals surface area contributed by atoms with Crippen LogP contribution in [0.5, 0.6) is 0 Å². The van der Waals surface area contributed by atoms with E-state index in [1.54, 1.807) is 19.1 Å². The number of aromatic nitrogens is 2. The molecule has 1 heterocycles. The highest BCUT2D eigenvalue weighted by Gasteiger charge is 2.32. The molecule has 0 aliphatic rings. The first-order valence-electron chi connectivity index (χ1n) is 10.1. The summed E-state index contributed by atoms with van der Waals surface area (Å²) in [4.78, 5) is 29.6. The van der Waals surface area contributed by atoms with Gasteiger partial charge in [-0.15, -0.1) is 0 Å². The molecule has 3 aromatic rings. The van der Waals surface area contributed by atoms with Crippen LogP contribution in [0.25, 0.3) is 16.7 Å². The number of nitrogens with zero attached hydrogens (tertiary/aromatic N) is 3. The second-order valence-corrected chi connectivity index (χ2v) is 8.04. The molecule has 0 saturated carbocycles. The lowest BCUT2D eigenvalue weighted by Crippen LogP contribution is -2.52. The summed E-state index contributed by atoms with van der Waals surface area (Å²) in [6.07, 6.45) is -1.04. The Kier molecular flexibility index (Phi) is 6.11. The summed E-state index contributed by atoms with van der Waals surface area (Å²) in [7, 11) is 0. The quantitative estimate of drug-likeness (QED) is 0.612. The molecule has 7 nitrogen and oxygen atoms in total. The maximum Gasteiger partial charge on any atom is 0.338 e. The first-order valence-corrected chi connectivity index (χ1v) is 10.1. The van der Waals surface area contributed by atoms with E-state index in [4.69, 9.17) is 4.74 Å². The molecule has 160 valence electrons. The fourth-order valence-electron chi connectivity index (χ4n) is 3.17. The number of hydrogen-bond donors (Lipinski definition) is 1. The third-order valence-electron chi connectivity index (χ3n) is 5.50. The molecule has 0 saturated heterocycles. The van der Waals surface area contributed by atoms with Crippen LogP contribution in [0.15, 0.2) is 48.5 Å². The van der Waals surface area contributed by atoms with Gasteiger partial charge in [0, 0.05) is 5.69 Å². The molecule has 1 amide bonds. The highest BCUT2D eigenvalue weighted by Crippen LogP contribution is 2.23. The highest BCUT2D eigenvalue weighted by molar-refractivity contribution is 5.95. The minimum Gasteiger partial charge on any atom is -0.449 e. The van der Waals surface area contributed by atoms with Gasteiger partial charge in [-0.3, -0.25) is 9.36 Å². The van der Waals surface area contributed by atoms with Crippen LogP contribution in [0.3, 0.4) is 0 Å². The van der Waals surface area contributed by atoms with E-state index in [0.29, 0.717) is 11.1 Å². The molecular formula is C24H26N4O3. The van der Waals surface area contributed by atoms with Crippen LogP contribution in [-0.2, 0) is 9.53 Å². The Labute approximate surface area is 181 Å². The molecule has 0 aliphatic heterocycles. The van der Waals surface area contributed by atoms with Crippen LogP contribution in [-0.4, -0.2) is 33.1 Å². The predicted octanol–water partition coefficient (Wildman–Crippen LogP) is 3.93. The van der Waals surface area contributed by atoms with Gasteiger partial charge in [0.15, 0.2) is 6.10 Å². The zero-order valence-corrected chi connectivity index (χ0v) is 18.3. The minimum atomic E-state index is -1.04. The van der Waals surface area contributed by atoms with Crippen molar-refractivity contribution in [3.8, 4) is 11.8 Å². The lowest BCUT2D eigenvalue weighted by molar-refractivity contribution is -0.130. The normalized spacial score (nSPS) is 14.0. The molecule has 1 N–H and O–H groups in total. The smallest absolute Gasteiger partial charge is 0.338 e. The Hall–Kier alpha value is -3.66. The summed E-state index contributed by atoms with van der Waals surface area (Å²) in [6.45, 7) is 8.71.